The van der Waals surface area contributed by atoms with Gasteiger partial charge < -0.3 is 4.74 Å². The molecule has 2 N–H and O–H groups in total. The molecule has 0 bridgehead atoms. The van der Waals surface area contributed by atoms with Crippen LogP contribution in [0.15, 0.2) is 4.79 Å². The number of aromatic nitrogens is 2. The van der Waals surface area contributed by atoms with Gasteiger partial charge in [-0.25, -0.2) is 4.98 Å². The van der Waals surface area contributed by atoms with E-state index in [1.165, 1.54) is 24.0 Å². The van der Waals surface area contributed by atoms with Crippen molar-refractivity contribution in [3.05, 3.63) is 20.8 Å². The molecule has 0 radical (unpaired) electrons. The summed E-state index contributed by atoms with van der Waals surface area (Å²) in [6.07, 6.45) is 9.43. The van der Waals surface area contributed by atoms with E-state index < -0.39 is 5.97 Å². The lowest BCUT2D eigenvalue weighted by Crippen LogP contribution is -2.36. The van der Waals surface area contributed by atoms with Crippen LogP contribution in [-0.4, -0.2) is 28.5 Å². The molecule has 162 valence electrons. The second-order valence-electron chi connectivity index (χ2n) is 8.04. The summed E-state index contributed by atoms with van der Waals surface area (Å²) >= 11 is 1.60. The number of aryl methyl sites for hydroxylation is 2. The molecule has 2 aliphatic carbocycles. The standard InChI is InChI=1S/C21H28N4O4S/c1-29-17(27)12-11-16(26)23-24-21-22-19-18(14-9-5-6-10-15(14)30-19)20(28)25(21)13-7-3-2-4-8-13/h13H,2-12H2,1H3,(H,22,24)(H,23,26). The number of methoxy groups -OCH3 is 1. The Morgan fingerprint density at radius 3 is 2.67 bits per heavy atom. The maximum atomic E-state index is 13.6. The van der Waals surface area contributed by atoms with Gasteiger partial charge in [-0.2, -0.15) is 0 Å². The number of ether oxygens (including phenoxy) is 1. The Labute approximate surface area is 179 Å². The van der Waals surface area contributed by atoms with Crippen molar-refractivity contribution in [3.8, 4) is 0 Å². The molecule has 30 heavy (non-hydrogen) atoms. The topological polar surface area (TPSA) is 102 Å². The van der Waals surface area contributed by atoms with Gasteiger partial charge in [0.15, 0.2) is 0 Å². The van der Waals surface area contributed by atoms with Crippen molar-refractivity contribution in [1.29, 1.82) is 0 Å². The molecule has 0 spiro atoms. The second kappa shape index (κ2) is 9.16. The van der Waals surface area contributed by atoms with E-state index in [2.05, 4.69) is 15.6 Å². The van der Waals surface area contributed by atoms with E-state index in [1.807, 2.05) is 0 Å². The van der Waals surface area contributed by atoms with Crippen molar-refractivity contribution in [2.24, 2.45) is 0 Å². The van der Waals surface area contributed by atoms with Gasteiger partial charge in [0, 0.05) is 17.3 Å². The van der Waals surface area contributed by atoms with Crippen molar-refractivity contribution < 1.29 is 14.3 Å². The summed E-state index contributed by atoms with van der Waals surface area (Å²) < 4.78 is 6.32. The van der Waals surface area contributed by atoms with Gasteiger partial charge in [-0.05, 0) is 44.1 Å². The third-order valence-corrected chi connectivity index (χ3v) is 7.24. The van der Waals surface area contributed by atoms with Crippen LogP contribution < -0.4 is 16.4 Å². The van der Waals surface area contributed by atoms with Crippen molar-refractivity contribution in [2.45, 2.75) is 76.7 Å². The van der Waals surface area contributed by atoms with Crippen LogP contribution in [0, 0.1) is 0 Å². The number of anilines is 1. The van der Waals surface area contributed by atoms with Gasteiger partial charge in [-0.1, -0.05) is 19.3 Å². The van der Waals surface area contributed by atoms with E-state index >= 15 is 0 Å². The van der Waals surface area contributed by atoms with Crippen LogP contribution >= 0.6 is 11.3 Å². The third kappa shape index (κ3) is 4.21. The zero-order valence-corrected chi connectivity index (χ0v) is 18.1. The fourth-order valence-corrected chi connectivity index (χ4v) is 5.74. The number of rotatable bonds is 6. The molecule has 0 aliphatic heterocycles. The minimum absolute atomic E-state index is 0.00221. The molecule has 0 atom stereocenters. The van der Waals surface area contributed by atoms with Crippen LogP contribution in [0.4, 0.5) is 5.95 Å². The quantitative estimate of drug-likeness (QED) is 0.537. The molecule has 1 fully saturated rings. The number of hydrogen-bond donors (Lipinski definition) is 2. The monoisotopic (exact) mass is 432 g/mol. The number of fused-ring (bicyclic) bond motifs is 3. The van der Waals surface area contributed by atoms with Gasteiger partial charge in [0.25, 0.3) is 5.56 Å². The summed E-state index contributed by atoms with van der Waals surface area (Å²) in [4.78, 5) is 43.8. The number of thiophene rings is 1. The second-order valence-corrected chi connectivity index (χ2v) is 9.13. The lowest BCUT2D eigenvalue weighted by atomic mass is 9.94. The number of carbonyl (C=O) groups is 2. The Morgan fingerprint density at radius 2 is 1.90 bits per heavy atom. The first-order valence-electron chi connectivity index (χ1n) is 10.8. The highest BCUT2D eigenvalue weighted by Gasteiger charge is 2.26. The number of carbonyl (C=O) groups excluding carboxylic acids is 2. The van der Waals surface area contributed by atoms with E-state index in [-0.39, 0.29) is 30.3 Å². The van der Waals surface area contributed by atoms with E-state index in [0.29, 0.717) is 5.95 Å². The molecule has 2 aromatic heterocycles. The highest BCUT2D eigenvalue weighted by Crippen LogP contribution is 2.36. The van der Waals surface area contributed by atoms with E-state index in [4.69, 9.17) is 4.98 Å². The Kier molecular flexibility index (Phi) is 6.36. The molecular weight excluding hydrogens is 404 g/mol. The summed E-state index contributed by atoms with van der Waals surface area (Å²) in [6.45, 7) is 0. The lowest BCUT2D eigenvalue weighted by Gasteiger charge is -2.26. The normalized spacial score (nSPS) is 16.8. The summed E-state index contributed by atoms with van der Waals surface area (Å²) in [5, 5.41) is 0.767. The number of amides is 1. The van der Waals surface area contributed by atoms with E-state index in [9.17, 15) is 14.4 Å². The number of hydrazine groups is 1. The molecule has 0 unspecified atom stereocenters. The molecule has 1 amide bonds. The predicted molar refractivity (Wildman–Crippen MR) is 116 cm³/mol. The van der Waals surface area contributed by atoms with Crippen LogP contribution in [0.1, 0.15) is 74.3 Å². The smallest absolute Gasteiger partial charge is 0.306 e. The Bertz CT molecular complexity index is 1010. The third-order valence-electron chi connectivity index (χ3n) is 6.06. The van der Waals surface area contributed by atoms with Gasteiger partial charge in [0.05, 0.1) is 18.9 Å². The van der Waals surface area contributed by atoms with Crippen LogP contribution in [-0.2, 0) is 27.2 Å². The average molecular weight is 433 g/mol. The fourth-order valence-electron chi connectivity index (χ4n) is 4.49. The predicted octanol–water partition coefficient (Wildman–Crippen LogP) is 3.24. The molecule has 9 heteroatoms. The van der Waals surface area contributed by atoms with Gasteiger partial charge in [0.2, 0.25) is 11.9 Å². The molecule has 1 saturated carbocycles. The molecular formula is C21H28N4O4S. The zero-order valence-electron chi connectivity index (χ0n) is 17.3. The van der Waals surface area contributed by atoms with Gasteiger partial charge in [-0.15, -0.1) is 11.3 Å². The highest BCUT2D eigenvalue weighted by molar-refractivity contribution is 7.18. The lowest BCUT2D eigenvalue weighted by molar-refractivity contribution is -0.142. The summed E-state index contributed by atoms with van der Waals surface area (Å²) in [6, 6.07) is 0.0803. The summed E-state index contributed by atoms with van der Waals surface area (Å²) in [7, 11) is 1.29. The first-order valence-corrected chi connectivity index (χ1v) is 11.6. The van der Waals surface area contributed by atoms with Crippen molar-refractivity contribution >= 4 is 39.4 Å². The van der Waals surface area contributed by atoms with Crippen molar-refractivity contribution in [2.75, 3.05) is 12.5 Å². The van der Waals surface area contributed by atoms with Crippen LogP contribution in [0.25, 0.3) is 10.2 Å². The highest BCUT2D eigenvalue weighted by atomic mass is 32.1. The van der Waals surface area contributed by atoms with Crippen LogP contribution in [0.2, 0.25) is 0 Å². The van der Waals surface area contributed by atoms with Crippen LogP contribution in [0.5, 0.6) is 0 Å². The first kappa shape index (κ1) is 20.8. The molecule has 0 saturated heterocycles. The minimum Gasteiger partial charge on any atom is -0.469 e. The van der Waals surface area contributed by atoms with Gasteiger partial charge in [-0.3, -0.25) is 29.8 Å². The van der Waals surface area contributed by atoms with Gasteiger partial charge >= 0.3 is 5.97 Å². The maximum Gasteiger partial charge on any atom is 0.306 e. The summed E-state index contributed by atoms with van der Waals surface area (Å²) in [5.41, 5.74) is 6.65. The number of hydrogen-bond acceptors (Lipinski definition) is 7. The van der Waals surface area contributed by atoms with Crippen LogP contribution in [0.3, 0.4) is 0 Å². The number of nitrogens with zero attached hydrogens (tertiary/aromatic N) is 2. The van der Waals surface area contributed by atoms with E-state index in [1.54, 1.807) is 15.9 Å². The molecule has 2 aliphatic rings. The van der Waals surface area contributed by atoms with Crippen molar-refractivity contribution in [1.82, 2.24) is 15.0 Å². The Morgan fingerprint density at radius 1 is 1.13 bits per heavy atom. The molecule has 2 heterocycles. The number of nitrogens with one attached hydrogen (secondary N) is 2. The Balaban J connectivity index is 1.65. The zero-order chi connectivity index (χ0) is 21.1. The summed E-state index contributed by atoms with van der Waals surface area (Å²) in [5.74, 6) is -0.409. The van der Waals surface area contributed by atoms with Gasteiger partial charge in [0.1, 0.15) is 4.83 Å². The maximum absolute atomic E-state index is 13.6. The average Bonchev–Trinajstić information content (AvgIpc) is 3.15. The number of esters is 1. The molecule has 0 aromatic carbocycles. The van der Waals surface area contributed by atoms with Crippen molar-refractivity contribution in [3.63, 3.8) is 0 Å². The van der Waals surface area contributed by atoms with E-state index in [0.717, 1.165) is 61.6 Å². The first-order chi connectivity index (χ1) is 14.6. The fraction of sp³-hybridized carbons (Fsp3) is 0.619. The largest absolute Gasteiger partial charge is 0.469 e. The Hall–Kier alpha value is -2.42. The minimum atomic E-state index is -0.437. The molecule has 2 aromatic rings. The molecule has 4 rings (SSSR count). The SMILES string of the molecule is COC(=O)CCC(=O)NNc1nc2sc3c(c2c(=O)n1C1CCCCC1)CCCC3. The molecule has 8 nitrogen and oxygen atoms in total.